The number of benzene rings is 2. The SMILES string of the molecule is C=C/C=C\C(=C/C)CNc1ccc2c(c1)CCN(CC(O)CN1CCc3ccccc3C1)C2=O. The van der Waals surface area contributed by atoms with Crippen LogP contribution in [-0.4, -0.2) is 59.6 Å². The van der Waals surface area contributed by atoms with Crippen molar-refractivity contribution in [2.75, 3.05) is 38.0 Å². The van der Waals surface area contributed by atoms with Gasteiger partial charge in [0.15, 0.2) is 0 Å². The lowest BCUT2D eigenvalue weighted by molar-refractivity contribution is 0.0493. The Morgan fingerprint density at radius 3 is 2.71 bits per heavy atom. The first-order valence-electron chi connectivity index (χ1n) is 12.1. The van der Waals surface area contributed by atoms with E-state index in [1.165, 1.54) is 16.7 Å². The van der Waals surface area contributed by atoms with Crippen LogP contribution in [0.5, 0.6) is 0 Å². The molecule has 178 valence electrons. The third kappa shape index (κ3) is 5.85. The summed E-state index contributed by atoms with van der Waals surface area (Å²) in [5.74, 6) is 0.0129. The molecule has 2 aromatic carbocycles. The normalized spacial score (nSPS) is 17.4. The van der Waals surface area contributed by atoms with Gasteiger partial charge < -0.3 is 15.3 Å². The zero-order valence-electron chi connectivity index (χ0n) is 20.0. The van der Waals surface area contributed by atoms with E-state index >= 15 is 0 Å². The summed E-state index contributed by atoms with van der Waals surface area (Å²) >= 11 is 0. The molecule has 1 amide bonds. The predicted octanol–water partition coefficient (Wildman–Crippen LogP) is 4.20. The molecule has 0 radical (unpaired) electrons. The predicted molar refractivity (Wildman–Crippen MR) is 139 cm³/mol. The van der Waals surface area contributed by atoms with E-state index < -0.39 is 6.10 Å². The summed E-state index contributed by atoms with van der Waals surface area (Å²) in [4.78, 5) is 17.2. The summed E-state index contributed by atoms with van der Waals surface area (Å²) in [5, 5.41) is 14.2. The number of aliphatic hydroxyl groups is 1. The molecule has 5 nitrogen and oxygen atoms in total. The Kier molecular flexibility index (Phi) is 7.99. The van der Waals surface area contributed by atoms with Crippen molar-refractivity contribution in [1.82, 2.24) is 9.80 Å². The summed E-state index contributed by atoms with van der Waals surface area (Å²) in [7, 11) is 0. The molecule has 0 fully saturated rings. The molecule has 4 rings (SSSR count). The first kappa shape index (κ1) is 24.0. The van der Waals surface area contributed by atoms with Crippen molar-refractivity contribution in [3.8, 4) is 0 Å². The van der Waals surface area contributed by atoms with Crippen LogP contribution in [0.25, 0.3) is 0 Å². The molecule has 0 aliphatic carbocycles. The van der Waals surface area contributed by atoms with Gasteiger partial charge in [0.05, 0.1) is 6.10 Å². The number of hydrogen-bond donors (Lipinski definition) is 2. The number of carbonyl (C=O) groups is 1. The molecule has 0 aromatic heterocycles. The van der Waals surface area contributed by atoms with Gasteiger partial charge in [-0.2, -0.15) is 0 Å². The van der Waals surface area contributed by atoms with E-state index in [2.05, 4.69) is 53.2 Å². The monoisotopic (exact) mass is 457 g/mol. The number of anilines is 1. The first-order valence-corrected chi connectivity index (χ1v) is 12.1. The van der Waals surface area contributed by atoms with E-state index in [0.29, 0.717) is 26.2 Å². The Balaban J connectivity index is 1.32. The smallest absolute Gasteiger partial charge is 0.254 e. The molecule has 5 heteroatoms. The second-order valence-corrected chi connectivity index (χ2v) is 9.09. The minimum Gasteiger partial charge on any atom is -0.390 e. The number of rotatable bonds is 9. The van der Waals surface area contributed by atoms with E-state index in [0.717, 1.165) is 42.7 Å². The van der Waals surface area contributed by atoms with E-state index in [4.69, 9.17) is 0 Å². The molecule has 1 atom stereocenters. The fourth-order valence-corrected chi connectivity index (χ4v) is 4.79. The van der Waals surface area contributed by atoms with Crippen LogP contribution in [0.2, 0.25) is 0 Å². The van der Waals surface area contributed by atoms with Crippen molar-refractivity contribution in [3.05, 3.63) is 101 Å². The number of nitrogens with one attached hydrogen (secondary N) is 1. The Morgan fingerprint density at radius 2 is 1.91 bits per heavy atom. The van der Waals surface area contributed by atoms with Crippen LogP contribution in [-0.2, 0) is 19.4 Å². The number of aliphatic hydroxyl groups excluding tert-OH is 1. The second kappa shape index (κ2) is 11.3. The van der Waals surface area contributed by atoms with E-state index in [1.54, 1.807) is 11.0 Å². The topological polar surface area (TPSA) is 55.8 Å². The van der Waals surface area contributed by atoms with Crippen LogP contribution in [0.3, 0.4) is 0 Å². The number of β-amino-alcohol motifs (C(OH)–C–C–N with tert-alkyl or cyclic N) is 1. The third-order valence-corrected chi connectivity index (χ3v) is 6.70. The molecule has 0 spiro atoms. The van der Waals surface area contributed by atoms with Crippen LogP contribution >= 0.6 is 0 Å². The van der Waals surface area contributed by atoms with Gasteiger partial charge in [-0.05, 0) is 60.2 Å². The zero-order chi connectivity index (χ0) is 23.9. The molecule has 0 saturated carbocycles. The van der Waals surface area contributed by atoms with Gasteiger partial charge in [0, 0.05) is 50.5 Å². The van der Waals surface area contributed by atoms with Gasteiger partial charge in [-0.3, -0.25) is 9.69 Å². The lowest BCUT2D eigenvalue weighted by Gasteiger charge is -2.34. The van der Waals surface area contributed by atoms with Gasteiger partial charge in [-0.15, -0.1) is 0 Å². The highest BCUT2D eigenvalue weighted by Crippen LogP contribution is 2.24. The maximum Gasteiger partial charge on any atom is 0.254 e. The average Bonchev–Trinajstić information content (AvgIpc) is 2.86. The minimum absolute atomic E-state index is 0.0129. The van der Waals surface area contributed by atoms with Gasteiger partial charge in [0.1, 0.15) is 0 Å². The van der Waals surface area contributed by atoms with E-state index in [-0.39, 0.29) is 5.91 Å². The van der Waals surface area contributed by atoms with Crippen LogP contribution in [0.15, 0.2) is 78.9 Å². The van der Waals surface area contributed by atoms with Gasteiger partial charge in [0.2, 0.25) is 0 Å². The van der Waals surface area contributed by atoms with Gasteiger partial charge >= 0.3 is 0 Å². The molecule has 2 heterocycles. The zero-order valence-corrected chi connectivity index (χ0v) is 20.0. The summed E-state index contributed by atoms with van der Waals surface area (Å²) in [5.41, 5.74) is 6.74. The van der Waals surface area contributed by atoms with Gasteiger partial charge in [0.25, 0.3) is 5.91 Å². The highest BCUT2D eigenvalue weighted by molar-refractivity contribution is 5.97. The Bertz CT molecular complexity index is 1090. The third-order valence-electron chi connectivity index (χ3n) is 6.70. The highest BCUT2D eigenvalue weighted by Gasteiger charge is 2.27. The van der Waals surface area contributed by atoms with Crippen molar-refractivity contribution in [2.45, 2.75) is 32.4 Å². The second-order valence-electron chi connectivity index (χ2n) is 9.09. The molecular formula is C29H35N3O2. The standard InChI is InChI=1S/C29H35N3O2/c1-3-5-8-22(4-2)18-30-26-11-12-28-24(17-26)14-16-32(29(28)34)21-27(33)20-31-15-13-23-9-6-7-10-25(23)19-31/h3-12,17,27,30,33H,1,13-16,18-21H2,2H3/b8-5-,22-4+. The van der Waals surface area contributed by atoms with E-state index in [9.17, 15) is 9.90 Å². The Hall–Kier alpha value is -3.15. The maximum atomic E-state index is 13.1. The maximum absolute atomic E-state index is 13.1. The molecule has 2 aliphatic rings. The summed E-state index contributed by atoms with van der Waals surface area (Å²) in [6.07, 6.45) is 9.05. The van der Waals surface area contributed by atoms with Crippen LogP contribution in [0.1, 0.15) is 34.0 Å². The lowest BCUT2D eigenvalue weighted by Crippen LogP contribution is -2.46. The molecule has 0 bridgehead atoms. The minimum atomic E-state index is -0.556. The highest BCUT2D eigenvalue weighted by atomic mass is 16.3. The summed E-state index contributed by atoms with van der Waals surface area (Å²) in [6.45, 7) is 9.84. The van der Waals surface area contributed by atoms with Gasteiger partial charge in [-0.25, -0.2) is 0 Å². The van der Waals surface area contributed by atoms with Gasteiger partial charge in [-0.1, -0.05) is 55.1 Å². The van der Waals surface area contributed by atoms with Crippen molar-refractivity contribution in [2.24, 2.45) is 0 Å². The lowest BCUT2D eigenvalue weighted by atomic mass is 9.97. The largest absolute Gasteiger partial charge is 0.390 e. The Labute approximate surface area is 203 Å². The Morgan fingerprint density at radius 1 is 1.12 bits per heavy atom. The summed E-state index contributed by atoms with van der Waals surface area (Å²) in [6, 6.07) is 14.5. The number of hydrogen-bond acceptors (Lipinski definition) is 4. The van der Waals surface area contributed by atoms with Crippen LogP contribution in [0, 0.1) is 0 Å². The van der Waals surface area contributed by atoms with Crippen LogP contribution < -0.4 is 5.32 Å². The fourth-order valence-electron chi connectivity index (χ4n) is 4.79. The molecule has 2 aromatic rings. The van der Waals surface area contributed by atoms with Crippen molar-refractivity contribution in [3.63, 3.8) is 0 Å². The number of carbonyl (C=O) groups excluding carboxylic acids is 1. The quantitative estimate of drug-likeness (QED) is 0.554. The van der Waals surface area contributed by atoms with E-state index in [1.807, 2.05) is 31.2 Å². The van der Waals surface area contributed by atoms with Crippen molar-refractivity contribution < 1.29 is 9.90 Å². The molecule has 2 aliphatic heterocycles. The molecule has 0 saturated heterocycles. The number of amides is 1. The molecule has 2 N–H and O–H groups in total. The van der Waals surface area contributed by atoms with Crippen molar-refractivity contribution in [1.29, 1.82) is 0 Å². The summed E-state index contributed by atoms with van der Waals surface area (Å²) < 4.78 is 0. The van der Waals surface area contributed by atoms with Crippen molar-refractivity contribution >= 4 is 11.6 Å². The van der Waals surface area contributed by atoms with Crippen LogP contribution in [0.4, 0.5) is 5.69 Å². The molecular weight excluding hydrogens is 422 g/mol. The molecule has 1 unspecified atom stereocenters. The average molecular weight is 458 g/mol. The fraction of sp³-hybridized carbons (Fsp3) is 0.345. The number of allylic oxidation sites excluding steroid dienone is 3. The number of nitrogens with zero attached hydrogens (tertiary/aromatic N) is 2. The number of fused-ring (bicyclic) bond motifs is 2. The molecule has 34 heavy (non-hydrogen) atoms. The first-order chi connectivity index (χ1) is 16.6.